The number of hydrogen-bond acceptors (Lipinski definition) is 3. The van der Waals surface area contributed by atoms with E-state index in [0.29, 0.717) is 17.9 Å². The highest BCUT2D eigenvalue weighted by Crippen LogP contribution is 2.43. The quantitative estimate of drug-likeness (QED) is 0.912. The summed E-state index contributed by atoms with van der Waals surface area (Å²) >= 11 is 0. The van der Waals surface area contributed by atoms with Crippen LogP contribution >= 0.6 is 0 Å². The Balaban J connectivity index is 1.55. The van der Waals surface area contributed by atoms with Gasteiger partial charge in [0.25, 0.3) is 0 Å². The fraction of sp³-hybridized carbons (Fsp3) is 0.733. The molecule has 5 heteroatoms. The molecular formula is C15H21N3O2. The predicted octanol–water partition coefficient (Wildman–Crippen LogP) is 1.90. The summed E-state index contributed by atoms with van der Waals surface area (Å²) in [5, 5.41) is 9.59. The second kappa shape index (κ2) is 4.58. The Labute approximate surface area is 118 Å². The summed E-state index contributed by atoms with van der Waals surface area (Å²) in [5.74, 6) is 0.315. The molecule has 1 aromatic heterocycles. The Hall–Kier alpha value is -1.36. The molecule has 3 atom stereocenters. The number of carboxylic acid groups (broad SMARTS) is 1. The van der Waals surface area contributed by atoms with Crippen LogP contribution in [0.25, 0.3) is 0 Å². The van der Waals surface area contributed by atoms with Crippen molar-refractivity contribution in [3.8, 4) is 0 Å². The third kappa shape index (κ3) is 1.95. The molecule has 108 valence electrons. The maximum absolute atomic E-state index is 11.7. The van der Waals surface area contributed by atoms with E-state index in [0.717, 1.165) is 19.5 Å². The van der Waals surface area contributed by atoms with Gasteiger partial charge in [-0.2, -0.15) is 0 Å². The fourth-order valence-corrected chi connectivity index (χ4v) is 4.24. The van der Waals surface area contributed by atoms with Crippen LogP contribution in [0.1, 0.15) is 43.8 Å². The number of likely N-dealkylation sites (tertiary alicyclic amines) is 1. The number of aliphatic carboxylic acids is 1. The van der Waals surface area contributed by atoms with E-state index < -0.39 is 5.97 Å². The Kier molecular flexibility index (Phi) is 2.84. The van der Waals surface area contributed by atoms with Crippen LogP contribution in [-0.2, 0) is 11.3 Å². The molecule has 3 unspecified atom stereocenters. The maximum atomic E-state index is 11.7. The molecule has 20 heavy (non-hydrogen) atoms. The molecule has 0 bridgehead atoms. The van der Waals surface area contributed by atoms with Gasteiger partial charge in [-0.1, -0.05) is 6.42 Å². The lowest BCUT2D eigenvalue weighted by Gasteiger charge is -2.24. The van der Waals surface area contributed by atoms with Gasteiger partial charge in [0.1, 0.15) is 6.04 Å². The number of nitrogens with zero attached hydrogens (tertiary/aromatic N) is 3. The standard InChI is InChI=1S/C15H21N3O2/c19-15(20)14-13-3-1-2-10(13)7-17(14)8-12-6-16-9-18(12)11-4-5-11/h6,9-11,13-14H,1-5,7-8H2,(H,19,20). The van der Waals surface area contributed by atoms with Gasteiger partial charge in [0.05, 0.1) is 12.0 Å². The molecule has 4 rings (SSSR count). The van der Waals surface area contributed by atoms with Gasteiger partial charge >= 0.3 is 5.97 Å². The Morgan fingerprint density at radius 3 is 2.95 bits per heavy atom. The minimum atomic E-state index is -0.642. The summed E-state index contributed by atoms with van der Waals surface area (Å²) in [4.78, 5) is 18.1. The molecule has 5 nitrogen and oxygen atoms in total. The molecule has 3 fully saturated rings. The van der Waals surface area contributed by atoms with Crippen LogP contribution in [0.5, 0.6) is 0 Å². The number of aromatic nitrogens is 2. The van der Waals surface area contributed by atoms with E-state index in [4.69, 9.17) is 0 Å². The Morgan fingerprint density at radius 2 is 2.20 bits per heavy atom. The summed E-state index contributed by atoms with van der Waals surface area (Å²) in [7, 11) is 0. The fourth-order valence-electron chi connectivity index (χ4n) is 4.24. The summed E-state index contributed by atoms with van der Waals surface area (Å²) < 4.78 is 2.24. The van der Waals surface area contributed by atoms with Gasteiger partial charge in [0, 0.05) is 25.3 Å². The molecule has 0 spiro atoms. The second-order valence-corrected chi connectivity index (χ2v) is 6.59. The number of rotatable bonds is 4. The van der Waals surface area contributed by atoms with Gasteiger partial charge in [0.15, 0.2) is 0 Å². The zero-order valence-corrected chi connectivity index (χ0v) is 11.6. The largest absolute Gasteiger partial charge is 0.480 e. The summed E-state index contributed by atoms with van der Waals surface area (Å²) in [6, 6.07) is 0.322. The van der Waals surface area contributed by atoms with E-state index in [1.54, 1.807) is 0 Å². The van der Waals surface area contributed by atoms with Gasteiger partial charge in [-0.15, -0.1) is 0 Å². The molecule has 0 aromatic carbocycles. The van der Waals surface area contributed by atoms with Crippen molar-refractivity contribution in [3.05, 3.63) is 18.2 Å². The number of carbonyl (C=O) groups is 1. The lowest BCUT2D eigenvalue weighted by molar-refractivity contribution is -0.143. The van der Waals surface area contributed by atoms with Crippen LogP contribution in [0, 0.1) is 11.8 Å². The van der Waals surface area contributed by atoms with Crippen molar-refractivity contribution in [3.63, 3.8) is 0 Å². The van der Waals surface area contributed by atoms with Crippen molar-refractivity contribution in [1.82, 2.24) is 14.5 Å². The average Bonchev–Trinajstić information content (AvgIpc) is 2.83. The molecule has 2 aliphatic carbocycles. The first-order valence-electron chi connectivity index (χ1n) is 7.71. The smallest absolute Gasteiger partial charge is 0.321 e. The highest BCUT2D eigenvalue weighted by atomic mass is 16.4. The van der Waals surface area contributed by atoms with Crippen molar-refractivity contribution in [2.75, 3.05) is 6.54 Å². The van der Waals surface area contributed by atoms with Crippen molar-refractivity contribution < 1.29 is 9.90 Å². The maximum Gasteiger partial charge on any atom is 0.321 e. The van der Waals surface area contributed by atoms with E-state index >= 15 is 0 Å². The predicted molar refractivity (Wildman–Crippen MR) is 73.2 cm³/mol. The van der Waals surface area contributed by atoms with Gasteiger partial charge < -0.3 is 9.67 Å². The molecular weight excluding hydrogens is 254 g/mol. The highest BCUT2D eigenvalue weighted by molar-refractivity contribution is 5.74. The zero-order chi connectivity index (χ0) is 13.7. The van der Waals surface area contributed by atoms with Crippen LogP contribution in [-0.4, -0.2) is 38.1 Å². The lowest BCUT2D eigenvalue weighted by atomic mass is 9.94. The molecule has 1 saturated heterocycles. The minimum absolute atomic E-state index is 0.287. The molecule has 1 aliphatic heterocycles. The van der Waals surface area contributed by atoms with E-state index in [2.05, 4.69) is 14.5 Å². The van der Waals surface area contributed by atoms with E-state index in [1.807, 2.05) is 12.5 Å². The molecule has 1 aromatic rings. The number of imidazole rings is 1. The lowest BCUT2D eigenvalue weighted by Crippen LogP contribution is -2.39. The summed E-state index contributed by atoms with van der Waals surface area (Å²) in [6.45, 7) is 1.68. The third-order valence-electron chi connectivity index (χ3n) is 5.29. The van der Waals surface area contributed by atoms with Gasteiger partial charge in [0.2, 0.25) is 0 Å². The van der Waals surface area contributed by atoms with Crippen LogP contribution in [0.2, 0.25) is 0 Å². The first-order chi connectivity index (χ1) is 9.74. The van der Waals surface area contributed by atoms with Crippen molar-refractivity contribution >= 4 is 5.97 Å². The molecule has 0 amide bonds. The van der Waals surface area contributed by atoms with Gasteiger partial charge in [-0.3, -0.25) is 9.69 Å². The first-order valence-corrected chi connectivity index (χ1v) is 7.71. The molecule has 2 heterocycles. The van der Waals surface area contributed by atoms with Crippen LogP contribution in [0.4, 0.5) is 0 Å². The minimum Gasteiger partial charge on any atom is -0.480 e. The van der Waals surface area contributed by atoms with Crippen LogP contribution in [0.3, 0.4) is 0 Å². The highest BCUT2D eigenvalue weighted by Gasteiger charge is 2.47. The summed E-state index contributed by atoms with van der Waals surface area (Å²) in [6.07, 6.45) is 9.76. The number of fused-ring (bicyclic) bond motifs is 1. The van der Waals surface area contributed by atoms with Crippen molar-refractivity contribution in [2.45, 2.75) is 50.7 Å². The molecule has 2 saturated carbocycles. The van der Waals surface area contributed by atoms with E-state index in [9.17, 15) is 9.90 Å². The van der Waals surface area contributed by atoms with Gasteiger partial charge in [-0.25, -0.2) is 4.98 Å². The van der Waals surface area contributed by atoms with Crippen LogP contribution in [0.15, 0.2) is 12.5 Å². The number of hydrogen-bond donors (Lipinski definition) is 1. The average molecular weight is 275 g/mol. The van der Waals surface area contributed by atoms with Crippen molar-refractivity contribution in [2.24, 2.45) is 11.8 Å². The Bertz CT molecular complexity index is 523. The normalized spacial score (nSPS) is 33.5. The molecule has 3 aliphatic rings. The summed E-state index contributed by atoms with van der Waals surface area (Å²) in [5.41, 5.74) is 1.18. The monoisotopic (exact) mass is 275 g/mol. The number of carboxylic acids is 1. The second-order valence-electron chi connectivity index (χ2n) is 6.59. The third-order valence-corrected chi connectivity index (χ3v) is 5.29. The SMILES string of the molecule is O=C(O)C1C2CCCC2CN1Cc1cncn1C1CC1. The van der Waals surface area contributed by atoms with E-state index in [-0.39, 0.29) is 6.04 Å². The zero-order valence-electron chi connectivity index (χ0n) is 11.6. The molecule has 0 radical (unpaired) electrons. The van der Waals surface area contributed by atoms with Gasteiger partial charge in [-0.05, 0) is 37.5 Å². The first kappa shape index (κ1) is 12.4. The Morgan fingerprint density at radius 1 is 1.35 bits per heavy atom. The topological polar surface area (TPSA) is 58.4 Å². The van der Waals surface area contributed by atoms with Crippen molar-refractivity contribution in [1.29, 1.82) is 0 Å². The van der Waals surface area contributed by atoms with Crippen LogP contribution < -0.4 is 0 Å². The van der Waals surface area contributed by atoms with E-state index in [1.165, 1.54) is 31.4 Å². The molecule has 1 N–H and O–H groups in total.